The Morgan fingerprint density at radius 1 is 1.27 bits per heavy atom. The van der Waals surface area contributed by atoms with Gasteiger partial charge in [-0.2, -0.15) is 0 Å². The van der Waals surface area contributed by atoms with Gasteiger partial charge in [-0.05, 0) is 43.5 Å². The van der Waals surface area contributed by atoms with Crippen LogP contribution in [0.1, 0.15) is 37.4 Å². The van der Waals surface area contributed by atoms with Crippen LogP contribution in [0.15, 0.2) is 48.7 Å². The van der Waals surface area contributed by atoms with Crippen LogP contribution in [0.4, 0.5) is 10.6 Å². The fourth-order valence-electron chi connectivity index (χ4n) is 3.66. The van der Waals surface area contributed by atoms with E-state index in [0.717, 1.165) is 16.0 Å². The van der Waals surface area contributed by atoms with E-state index in [9.17, 15) is 14.4 Å². The molecule has 2 heterocycles. The van der Waals surface area contributed by atoms with Gasteiger partial charge in [0.15, 0.2) is 0 Å². The van der Waals surface area contributed by atoms with Crippen LogP contribution in [-0.2, 0) is 20.7 Å². The molecular formula is C22H26N4O4. The number of nitrogens with two attached hydrogens (primary N) is 1. The van der Waals surface area contributed by atoms with Crippen molar-refractivity contribution in [3.63, 3.8) is 0 Å². The number of aromatic nitrogens is 1. The molecule has 3 N–H and O–H groups in total. The number of nitrogens with zero attached hydrogens (tertiary/aromatic N) is 2. The van der Waals surface area contributed by atoms with Crippen molar-refractivity contribution in [3.8, 4) is 0 Å². The van der Waals surface area contributed by atoms with Gasteiger partial charge >= 0.3 is 12.0 Å². The SMILES string of the molecule is CCOC(=O)CC1C(Cc2ccnc(N)c2)C(=O)N1C(=O)NC(C)c1ccccc1. The summed E-state index contributed by atoms with van der Waals surface area (Å²) in [4.78, 5) is 42.8. The van der Waals surface area contributed by atoms with E-state index in [1.54, 1.807) is 25.3 Å². The fourth-order valence-corrected chi connectivity index (χ4v) is 3.66. The molecular weight excluding hydrogens is 384 g/mol. The highest BCUT2D eigenvalue weighted by atomic mass is 16.5. The Bertz CT molecular complexity index is 918. The number of hydrogen-bond acceptors (Lipinski definition) is 6. The van der Waals surface area contributed by atoms with E-state index in [0.29, 0.717) is 12.2 Å². The molecule has 0 radical (unpaired) electrons. The quantitative estimate of drug-likeness (QED) is 0.535. The Morgan fingerprint density at radius 2 is 2.00 bits per heavy atom. The summed E-state index contributed by atoms with van der Waals surface area (Å²) in [5, 5.41) is 2.84. The largest absolute Gasteiger partial charge is 0.466 e. The predicted molar refractivity (Wildman–Crippen MR) is 111 cm³/mol. The molecule has 1 aromatic carbocycles. The predicted octanol–water partition coefficient (Wildman–Crippen LogP) is 2.46. The lowest BCUT2D eigenvalue weighted by molar-refractivity contribution is -0.156. The molecule has 1 aromatic heterocycles. The number of ether oxygens (including phenoxy) is 1. The zero-order chi connectivity index (χ0) is 21.7. The number of pyridine rings is 1. The van der Waals surface area contributed by atoms with Crippen LogP contribution in [0.5, 0.6) is 0 Å². The Morgan fingerprint density at radius 3 is 2.67 bits per heavy atom. The molecule has 30 heavy (non-hydrogen) atoms. The number of nitrogens with one attached hydrogen (secondary N) is 1. The number of amides is 3. The van der Waals surface area contributed by atoms with Gasteiger partial charge in [-0.1, -0.05) is 30.3 Å². The Labute approximate surface area is 175 Å². The minimum Gasteiger partial charge on any atom is -0.466 e. The second-order valence-electron chi connectivity index (χ2n) is 7.27. The highest BCUT2D eigenvalue weighted by molar-refractivity contribution is 6.02. The van der Waals surface area contributed by atoms with E-state index >= 15 is 0 Å². The minimum absolute atomic E-state index is 0.0437. The lowest BCUT2D eigenvalue weighted by atomic mass is 9.81. The molecule has 8 nitrogen and oxygen atoms in total. The van der Waals surface area contributed by atoms with Crippen molar-refractivity contribution in [2.45, 2.75) is 38.8 Å². The van der Waals surface area contributed by atoms with Gasteiger partial charge in [0, 0.05) is 6.20 Å². The van der Waals surface area contributed by atoms with Crippen molar-refractivity contribution in [3.05, 3.63) is 59.8 Å². The number of esters is 1. The smallest absolute Gasteiger partial charge is 0.324 e. The first-order valence-corrected chi connectivity index (χ1v) is 9.95. The van der Waals surface area contributed by atoms with E-state index in [4.69, 9.17) is 10.5 Å². The van der Waals surface area contributed by atoms with Crippen LogP contribution in [0.2, 0.25) is 0 Å². The topological polar surface area (TPSA) is 115 Å². The molecule has 0 spiro atoms. The number of hydrogen-bond donors (Lipinski definition) is 2. The maximum Gasteiger partial charge on any atom is 0.324 e. The summed E-state index contributed by atoms with van der Waals surface area (Å²) < 4.78 is 5.04. The first kappa shape index (κ1) is 21.3. The number of urea groups is 1. The molecule has 0 aliphatic carbocycles. The zero-order valence-electron chi connectivity index (χ0n) is 17.1. The van der Waals surface area contributed by atoms with E-state index < -0.39 is 24.0 Å². The number of likely N-dealkylation sites (tertiary alicyclic amines) is 1. The van der Waals surface area contributed by atoms with E-state index in [1.807, 2.05) is 37.3 Å². The van der Waals surface area contributed by atoms with Crippen LogP contribution in [-0.4, -0.2) is 40.4 Å². The Hall–Kier alpha value is -3.42. The lowest BCUT2D eigenvalue weighted by Gasteiger charge is -2.45. The van der Waals surface area contributed by atoms with Gasteiger partial charge in [0.2, 0.25) is 5.91 Å². The highest BCUT2D eigenvalue weighted by Crippen LogP contribution is 2.33. The van der Waals surface area contributed by atoms with Gasteiger partial charge in [-0.15, -0.1) is 0 Å². The van der Waals surface area contributed by atoms with Gasteiger partial charge in [0.1, 0.15) is 5.82 Å². The molecule has 0 bridgehead atoms. The maximum absolute atomic E-state index is 12.8. The van der Waals surface area contributed by atoms with Gasteiger partial charge in [-0.3, -0.25) is 14.5 Å². The second-order valence-corrected chi connectivity index (χ2v) is 7.27. The summed E-state index contributed by atoms with van der Waals surface area (Å²) >= 11 is 0. The minimum atomic E-state index is -0.575. The molecule has 2 aromatic rings. The van der Waals surface area contributed by atoms with Gasteiger partial charge in [0.05, 0.1) is 31.0 Å². The monoisotopic (exact) mass is 410 g/mol. The number of carbonyl (C=O) groups is 3. The number of nitrogen functional groups attached to an aromatic ring is 1. The molecule has 1 fully saturated rings. The van der Waals surface area contributed by atoms with Crippen molar-refractivity contribution in [1.29, 1.82) is 0 Å². The summed E-state index contributed by atoms with van der Waals surface area (Å²) in [6.45, 7) is 3.80. The van der Waals surface area contributed by atoms with Crippen LogP contribution in [0, 0.1) is 5.92 Å². The van der Waals surface area contributed by atoms with Crippen molar-refractivity contribution < 1.29 is 19.1 Å². The standard InChI is InChI=1S/C22H26N4O4/c1-3-30-20(27)13-18-17(11-15-9-10-24-19(23)12-15)21(28)26(18)22(29)25-14(2)16-7-5-4-6-8-16/h4-10,12,14,17-18H,3,11,13H2,1-2H3,(H2,23,24)(H,25,29). The Balaban J connectivity index is 1.73. The number of carbonyl (C=O) groups excluding carboxylic acids is 3. The van der Waals surface area contributed by atoms with Crippen LogP contribution >= 0.6 is 0 Å². The van der Waals surface area contributed by atoms with Crippen LogP contribution in [0.3, 0.4) is 0 Å². The molecule has 1 aliphatic heterocycles. The average molecular weight is 410 g/mol. The van der Waals surface area contributed by atoms with Gasteiger partial charge in [-0.25, -0.2) is 9.78 Å². The maximum atomic E-state index is 12.8. The van der Waals surface area contributed by atoms with E-state index in [-0.39, 0.29) is 25.0 Å². The number of anilines is 1. The summed E-state index contributed by atoms with van der Waals surface area (Å²) in [5.74, 6) is -0.915. The number of benzene rings is 1. The molecule has 8 heteroatoms. The molecule has 3 amide bonds. The molecule has 1 saturated heterocycles. The first-order valence-electron chi connectivity index (χ1n) is 9.95. The third kappa shape index (κ3) is 4.76. The van der Waals surface area contributed by atoms with E-state index in [1.165, 1.54) is 0 Å². The van der Waals surface area contributed by atoms with Crippen LogP contribution < -0.4 is 11.1 Å². The van der Waals surface area contributed by atoms with Gasteiger partial charge in [0.25, 0.3) is 0 Å². The summed E-state index contributed by atoms with van der Waals surface area (Å²) in [5.41, 5.74) is 7.47. The van der Waals surface area contributed by atoms with Crippen molar-refractivity contribution in [2.24, 2.45) is 5.92 Å². The summed E-state index contributed by atoms with van der Waals surface area (Å²) in [7, 11) is 0. The van der Waals surface area contributed by atoms with Gasteiger partial charge < -0.3 is 15.8 Å². The molecule has 3 unspecified atom stereocenters. The average Bonchev–Trinajstić information content (AvgIpc) is 2.72. The van der Waals surface area contributed by atoms with Crippen molar-refractivity contribution in [1.82, 2.24) is 15.2 Å². The van der Waals surface area contributed by atoms with E-state index in [2.05, 4.69) is 10.3 Å². The molecule has 158 valence electrons. The molecule has 3 atom stereocenters. The summed E-state index contributed by atoms with van der Waals surface area (Å²) in [6.07, 6.45) is 1.89. The van der Waals surface area contributed by atoms with Crippen LogP contribution in [0.25, 0.3) is 0 Å². The Kier molecular flexibility index (Phi) is 6.66. The number of β-lactam (4-membered cyclic amide) rings is 1. The van der Waals surface area contributed by atoms with Crippen molar-refractivity contribution in [2.75, 3.05) is 12.3 Å². The summed E-state index contributed by atoms with van der Waals surface area (Å²) in [6, 6.07) is 11.5. The fraction of sp³-hybridized carbons (Fsp3) is 0.364. The third-order valence-electron chi connectivity index (χ3n) is 5.19. The zero-order valence-corrected chi connectivity index (χ0v) is 17.1. The third-order valence-corrected chi connectivity index (χ3v) is 5.19. The highest BCUT2D eigenvalue weighted by Gasteiger charge is 2.51. The lowest BCUT2D eigenvalue weighted by Crippen LogP contribution is -2.66. The van der Waals surface area contributed by atoms with Crippen molar-refractivity contribution >= 4 is 23.7 Å². The number of imide groups is 1. The molecule has 1 aliphatic rings. The second kappa shape index (κ2) is 9.39. The molecule has 3 rings (SSSR count). The number of rotatable bonds is 7. The first-order chi connectivity index (χ1) is 14.4. The molecule has 0 saturated carbocycles. The normalized spacial score (nSPS) is 19.0.